The lowest BCUT2D eigenvalue weighted by Gasteiger charge is -2.29. The molecule has 0 fully saturated rings. The van der Waals surface area contributed by atoms with Gasteiger partial charge < -0.3 is 4.74 Å². The lowest BCUT2D eigenvalue weighted by molar-refractivity contribution is -0.145. The van der Waals surface area contributed by atoms with Crippen LogP contribution in [0.1, 0.15) is 59.8 Å². The van der Waals surface area contributed by atoms with Crippen LogP contribution in [0.25, 0.3) is 0 Å². The van der Waals surface area contributed by atoms with Crippen LogP contribution in [0.15, 0.2) is 0 Å². The van der Waals surface area contributed by atoms with Crippen molar-refractivity contribution < 1.29 is 9.53 Å². The molecule has 1 unspecified atom stereocenters. The Morgan fingerprint density at radius 3 is 2.43 bits per heavy atom. The molecule has 1 atom stereocenters. The van der Waals surface area contributed by atoms with E-state index in [1.807, 2.05) is 13.8 Å². The number of hydrogen-bond acceptors (Lipinski definition) is 2. The first-order chi connectivity index (χ1) is 6.54. The minimum absolute atomic E-state index is 0.312. The summed E-state index contributed by atoms with van der Waals surface area (Å²) in [5, 5.41) is 0. The van der Waals surface area contributed by atoms with Crippen molar-refractivity contribution in [1.29, 1.82) is 0 Å². The van der Waals surface area contributed by atoms with Gasteiger partial charge in [0.05, 0.1) is 0 Å². The Labute approximate surface area is 88.0 Å². The molecular formula is C12H24O2. The van der Waals surface area contributed by atoms with Gasteiger partial charge in [0, 0.05) is 0 Å². The van der Waals surface area contributed by atoms with E-state index in [1.165, 1.54) is 25.7 Å². The first-order valence-corrected chi connectivity index (χ1v) is 5.66. The van der Waals surface area contributed by atoms with E-state index in [0.717, 1.165) is 6.42 Å². The summed E-state index contributed by atoms with van der Waals surface area (Å²) in [5.41, 5.74) is -0.312. The van der Waals surface area contributed by atoms with Gasteiger partial charge in [0.25, 0.3) is 6.47 Å². The third-order valence-corrected chi connectivity index (χ3v) is 3.03. The highest BCUT2D eigenvalue weighted by Crippen LogP contribution is 2.25. The summed E-state index contributed by atoms with van der Waals surface area (Å²) in [6, 6.07) is 0. The summed E-state index contributed by atoms with van der Waals surface area (Å²) in [5.74, 6) is 0.435. The van der Waals surface area contributed by atoms with Crippen LogP contribution in [-0.4, -0.2) is 12.1 Å². The zero-order valence-electron chi connectivity index (χ0n) is 10.0. The highest BCUT2D eigenvalue weighted by atomic mass is 16.5. The van der Waals surface area contributed by atoms with Crippen LogP contribution >= 0.6 is 0 Å². The second-order valence-corrected chi connectivity index (χ2v) is 4.57. The Kier molecular flexibility index (Phi) is 6.60. The van der Waals surface area contributed by atoms with Crippen LogP contribution in [0, 0.1) is 5.92 Å². The highest BCUT2D eigenvalue weighted by molar-refractivity contribution is 5.38. The fourth-order valence-electron chi connectivity index (χ4n) is 1.47. The van der Waals surface area contributed by atoms with Crippen molar-refractivity contribution in [1.82, 2.24) is 0 Å². The zero-order chi connectivity index (χ0) is 11.0. The summed E-state index contributed by atoms with van der Waals surface area (Å²) in [7, 11) is 0. The SMILES string of the molecule is CCCCCCC(C)C(C)(C)OC=O. The summed E-state index contributed by atoms with van der Waals surface area (Å²) in [6.07, 6.45) is 6.24. The van der Waals surface area contributed by atoms with E-state index in [1.54, 1.807) is 0 Å². The molecule has 0 aliphatic carbocycles. The quantitative estimate of drug-likeness (QED) is 0.442. The molecule has 0 amide bonds. The van der Waals surface area contributed by atoms with Gasteiger partial charge in [-0.15, -0.1) is 0 Å². The largest absolute Gasteiger partial charge is 0.462 e. The van der Waals surface area contributed by atoms with Crippen molar-refractivity contribution in [3.8, 4) is 0 Å². The van der Waals surface area contributed by atoms with Crippen molar-refractivity contribution in [3.05, 3.63) is 0 Å². The molecule has 0 rings (SSSR count). The van der Waals surface area contributed by atoms with Gasteiger partial charge in [-0.2, -0.15) is 0 Å². The molecule has 0 saturated carbocycles. The molecule has 0 aromatic rings. The predicted octanol–water partition coefficient (Wildman–Crippen LogP) is 3.54. The Morgan fingerprint density at radius 2 is 1.93 bits per heavy atom. The lowest BCUT2D eigenvalue weighted by Crippen LogP contribution is -2.32. The minimum atomic E-state index is -0.312. The summed E-state index contributed by atoms with van der Waals surface area (Å²) in [6.45, 7) is 8.87. The van der Waals surface area contributed by atoms with Gasteiger partial charge in [-0.3, -0.25) is 4.79 Å². The van der Waals surface area contributed by atoms with E-state index in [-0.39, 0.29) is 5.60 Å². The van der Waals surface area contributed by atoms with Crippen LogP contribution in [0.3, 0.4) is 0 Å². The summed E-state index contributed by atoms with van der Waals surface area (Å²) >= 11 is 0. The Morgan fingerprint density at radius 1 is 1.29 bits per heavy atom. The maximum atomic E-state index is 10.3. The Hall–Kier alpha value is -0.530. The third kappa shape index (κ3) is 5.25. The maximum absolute atomic E-state index is 10.3. The number of hydrogen-bond donors (Lipinski definition) is 0. The normalized spacial score (nSPS) is 13.7. The Balaban J connectivity index is 3.70. The molecule has 0 aromatic carbocycles. The van der Waals surface area contributed by atoms with Crippen molar-refractivity contribution in [3.63, 3.8) is 0 Å². The molecule has 0 heterocycles. The monoisotopic (exact) mass is 200 g/mol. The fourth-order valence-corrected chi connectivity index (χ4v) is 1.47. The van der Waals surface area contributed by atoms with E-state index in [2.05, 4.69) is 13.8 Å². The molecule has 0 bridgehead atoms. The van der Waals surface area contributed by atoms with Gasteiger partial charge in [0.2, 0.25) is 0 Å². The molecule has 0 N–H and O–H groups in total. The molecular weight excluding hydrogens is 176 g/mol. The average Bonchev–Trinajstić information content (AvgIpc) is 2.12. The van der Waals surface area contributed by atoms with Gasteiger partial charge in [-0.05, 0) is 26.2 Å². The molecule has 2 nitrogen and oxygen atoms in total. The molecule has 14 heavy (non-hydrogen) atoms. The molecule has 0 radical (unpaired) electrons. The van der Waals surface area contributed by atoms with Gasteiger partial charge in [0.1, 0.15) is 5.60 Å². The first-order valence-electron chi connectivity index (χ1n) is 5.66. The van der Waals surface area contributed by atoms with Crippen molar-refractivity contribution in [2.45, 2.75) is 65.4 Å². The third-order valence-electron chi connectivity index (χ3n) is 3.03. The molecule has 0 aliphatic heterocycles. The van der Waals surface area contributed by atoms with Crippen LogP contribution in [-0.2, 0) is 9.53 Å². The average molecular weight is 200 g/mol. The Bertz CT molecular complexity index is 152. The van der Waals surface area contributed by atoms with Gasteiger partial charge in [-0.25, -0.2) is 0 Å². The number of rotatable bonds is 8. The van der Waals surface area contributed by atoms with Gasteiger partial charge >= 0.3 is 0 Å². The predicted molar refractivity (Wildman–Crippen MR) is 59.2 cm³/mol. The highest BCUT2D eigenvalue weighted by Gasteiger charge is 2.26. The second-order valence-electron chi connectivity index (χ2n) is 4.57. The van der Waals surface area contributed by atoms with Gasteiger partial charge in [0.15, 0.2) is 0 Å². The van der Waals surface area contributed by atoms with Crippen molar-refractivity contribution in [2.75, 3.05) is 0 Å². The molecule has 0 aromatic heterocycles. The molecule has 2 heteroatoms. The van der Waals surface area contributed by atoms with E-state index < -0.39 is 0 Å². The van der Waals surface area contributed by atoms with E-state index >= 15 is 0 Å². The summed E-state index contributed by atoms with van der Waals surface area (Å²) in [4.78, 5) is 10.3. The molecule has 0 spiro atoms. The smallest absolute Gasteiger partial charge is 0.293 e. The van der Waals surface area contributed by atoms with E-state index in [4.69, 9.17) is 4.74 Å². The van der Waals surface area contributed by atoms with Crippen LogP contribution in [0.2, 0.25) is 0 Å². The van der Waals surface area contributed by atoms with E-state index in [0.29, 0.717) is 12.4 Å². The lowest BCUT2D eigenvalue weighted by atomic mass is 9.88. The number of unbranched alkanes of at least 4 members (excludes halogenated alkanes) is 3. The van der Waals surface area contributed by atoms with Crippen LogP contribution in [0.5, 0.6) is 0 Å². The standard InChI is InChI=1S/C12H24O2/c1-5-6-7-8-9-11(2)12(3,4)14-10-13/h10-11H,5-9H2,1-4H3. The van der Waals surface area contributed by atoms with E-state index in [9.17, 15) is 4.79 Å². The fraction of sp³-hybridized carbons (Fsp3) is 0.917. The zero-order valence-corrected chi connectivity index (χ0v) is 10.0. The topological polar surface area (TPSA) is 26.3 Å². The number of carbonyl (C=O) groups excluding carboxylic acids is 1. The summed E-state index contributed by atoms with van der Waals surface area (Å²) < 4.78 is 5.07. The minimum Gasteiger partial charge on any atom is -0.462 e. The van der Waals surface area contributed by atoms with Crippen LogP contribution in [0.4, 0.5) is 0 Å². The van der Waals surface area contributed by atoms with Gasteiger partial charge in [-0.1, -0.05) is 39.5 Å². The molecule has 84 valence electrons. The molecule has 0 saturated heterocycles. The number of ether oxygens (including phenoxy) is 1. The van der Waals surface area contributed by atoms with Crippen molar-refractivity contribution in [2.24, 2.45) is 5.92 Å². The first kappa shape index (κ1) is 13.5. The van der Waals surface area contributed by atoms with Crippen molar-refractivity contribution >= 4 is 6.47 Å². The molecule has 0 aliphatic rings. The maximum Gasteiger partial charge on any atom is 0.293 e. The number of carbonyl (C=O) groups is 1. The second kappa shape index (κ2) is 6.86. The van der Waals surface area contributed by atoms with Crippen LogP contribution < -0.4 is 0 Å².